The second-order valence-electron chi connectivity index (χ2n) is 4.05. The maximum Gasteiger partial charge on any atom is 0.233 e. The van der Waals surface area contributed by atoms with E-state index in [4.69, 9.17) is 22.3 Å². The van der Waals surface area contributed by atoms with Crippen molar-refractivity contribution in [3.63, 3.8) is 0 Å². The monoisotopic (exact) mass is 266 g/mol. The molecular formula is C10H12Cl2O2S. The number of hydrogen-bond acceptors (Lipinski definition) is 2. The zero-order chi connectivity index (χ0) is 11.7. The Bertz CT molecular complexity index is 452. The first-order chi connectivity index (χ1) is 6.72. The van der Waals surface area contributed by atoms with E-state index in [1.54, 1.807) is 26.0 Å². The SMILES string of the molecule is CC(C)(CS(=O)(=O)Cl)c1ccccc1Cl. The zero-order valence-corrected chi connectivity index (χ0v) is 10.8. The average molecular weight is 267 g/mol. The summed E-state index contributed by atoms with van der Waals surface area (Å²) in [6.45, 7) is 3.60. The molecule has 0 atom stereocenters. The van der Waals surface area contributed by atoms with Gasteiger partial charge in [-0.15, -0.1) is 0 Å². The molecule has 0 unspecified atom stereocenters. The summed E-state index contributed by atoms with van der Waals surface area (Å²) in [6.07, 6.45) is 0. The normalized spacial score (nSPS) is 12.8. The van der Waals surface area contributed by atoms with Crippen molar-refractivity contribution in [2.75, 3.05) is 5.75 Å². The highest BCUT2D eigenvalue weighted by molar-refractivity contribution is 8.13. The summed E-state index contributed by atoms with van der Waals surface area (Å²) in [6, 6.07) is 7.17. The largest absolute Gasteiger partial charge is 0.233 e. The van der Waals surface area contributed by atoms with Gasteiger partial charge < -0.3 is 0 Å². The molecule has 0 bridgehead atoms. The zero-order valence-electron chi connectivity index (χ0n) is 8.50. The van der Waals surface area contributed by atoms with Crippen LogP contribution in [0.2, 0.25) is 5.02 Å². The van der Waals surface area contributed by atoms with Crippen molar-refractivity contribution in [1.82, 2.24) is 0 Å². The Hall–Kier alpha value is -0.250. The van der Waals surface area contributed by atoms with Gasteiger partial charge in [-0.1, -0.05) is 43.6 Å². The predicted octanol–water partition coefficient (Wildman–Crippen LogP) is 3.19. The molecule has 0 N–H and O–H groups in total. The molecular weight excluding hydrogens is 255 g/mol. The molecule has 1 aromatic rings. The first kappa shape index (κ1) is 12.8. The van der Waals surface area contributed by atoms with E-state index in [2.05, 4.69) is 0 Å². The van der Waals surface area contributed by atoms with Gasteiger partial charge in [-0.3, -0.25) is 0 Å². The first-order valence-corrected chi connectivity index (χ1v) is 7.25. The van der Waals surface area contributed by atoms with E-state index in [1.807, 2.05) is 12.1 Å². The third kappa shape index (κ3) is 3.67. The summed E-state index contributed by atoms with van der Waals surface area (Å²) in [7, 11) is 1.72. The lowest BCUT2D eigenvalue weighted by molar-refractivity contribution is 0.558. The van der Waals surface area contributed by atoms with Gasteiger partial charge in [0.2, 0.25) is 9.05 Å². The molecule has 0 aromatic heterocycles. The van der Waals surface area contributed by atoms with E-state index in [0.29, 0.717) is 5.02 Å². The van der Waals surface area contributed by atoms with Crippen molar-refractivity contribution in [3.8, 4) is 0 Å². The molecule has 1 rings (SSSR count). The number of halogens is 2. The average Bonchev–Trinajstić information content (AvgIpc) is 1.99. The van der Waals surface area contributed by atoms with Gasteiger partial charge in [0, 0.05) is 21.1 Å². The minimum absolute atomic E-state index is 0.134. The second kappa shape index (κ2) is 4.32. The van der Waals surface area contributed by atoms with Crippen molar-refractivity contribution in [2.24, 2.45) is 0 Å². The lowest BCUT2D eigenvalue weighted by atomic mass is 9.87. The van der Waals surface area contributed by atoms with Crippen molar-refractivity contribution < 1.29 is 8.42 Å². The first-order valence-electron chi connectivity index (χ1n) is 4.40. The van der Waals surface area contributed by atoms with Crippen molar-refractivity contribution in [2.45, 2.75) is 19.3 Å². The molecule has 0 radical (unpaired) electrons. The second-order valence-corrected chi connectivity index (χ2v) is 7.23. The topological polar surface area (TPSA) is 34.1 Å². The molecule has 1 aromatic carbocycles. The Balaban J connectivity index is 3.12. The van der Waals surface area contributed by atoms with E-state index in [1.165, 1.54) is 0 Å². The van der Waals surface area contributed by atoms with Crippen LogP contribution in [-0.2, 0) is 14.5 Å². The molecule has 0 saturated heterocycles. The number of hydrogen-bond donors (Lipinski definition) is 0. The molecule has 0 heterocycles. The van der Waals surface area contributed by atoms with Crippen LogP contribution in [0.1, 0.15) is 19.4 Å². The lowest BCUT2D eigenvalue weighted by Gasteiger charge is -2.24. The maximum atomic E-state index is 11.1. The van der Waals surface area contributed by atoms with E-state index >= 15 is 0 Å². The molecule has 84 valence electrons. The van der Waals surface area contributed by atoms with Crippen LogP contribution in [0.4, 0.5) is 0 Å². The Morgan fingerprint density at radius 2 is 1.80 bits per heavy atom. The Kier molecular flexibility index (Phi) is 3.69. The fraction of sp³-hybridized carbons (Fsp3) is 0.400. The van der Waals surface area contributed by atoms with Gasteiger partial charge in [0.25, 0.3) is 0 Å². The number of rotatable bonds is 3. The summed E-state index contributed by atoms with van der Waals surface area (Å²) in [5.41, 5.74) is 0.203. The van der Waals surface area contributed by atoms with Gasteiger partial charge in [0.1, 0.15) is 0 Å². The van der Waals surface area contributed by atoms with Crippen molar-refractivity contribution in [3.05, 3.63) is 34.9 Å². The van der Waals surface area contributed by atoms with Crippen LogP contribution in [-0.4, -0.2) is 14.2 Å². The van der Waals surface area contributed by atoms with Crippen molar-refractivity contribution >= 4 is 31.3 Å². The Labute approximate surface area is 99.6 Å². The standard InChI is InChI=1S/C10H12Cl2O2S/c1-10(2,7-15(12,13)14)8-5-3-4-6-9(8)11/h3-6H,7H2,1-2H3. The van der Waals surface area contributed by atoms with Crippen LogP contribution in [0.25, 0.3) is 0 Å². The van der Waals surface area contributed by atoms with E-state index in [0.717, 1.165) is 5.56 Å². The Morgan fingerprint density at radius 3 is 2.27 bits per heavy atom. The highest BCUT2D eigenvalue weighted by Gasteiger charge is 2.28. The third-order valence-corrected chi connectivity index (χ3v) is 3.86. The molecule has 0 aliphatic heterocycles. The van der Waals surface area contributed by atoms with Crippen LogP contribution in [0, 0.1) is 0 Å². The molecule has 0 spiro atoms. The van der Waals surface area contributed by atoms with Crippen LogP contribution in [0.5, 0.6) is 0 Å². The molecule has 0 fully saturated rings. The highest BCUT2D eigenvalue weighted by atomic mass is 35.7. The van der Waals surface area contributed by atoms with Crippen LogP contribution in [0.3, 0.4) is 0 Å². The predicted molar refractivity (Wildman–Crippen MR) is 64.1 cm³/mol. The number of benzene rings is 1. The van der Waals surface area contributed by atoms with Gasteiger partial charge >= 0.3 is 0 Å². The van der Waals surface area contributed by atoms with Gasteiger partial charge in [-0.05, 0) is 11.6 Å². The lowest BCUT2D eigenvalue weighted by Crippen LogP contribution is -2.26. The molecule has 5 heteroatoms. The minimum atomic E-state index is -3.53. The Morgan fingerprint density at radius 1 is 1.27 bits per heavy atom. The molecule has 0 aliphatic carbocycles. The van der Waals surface area contributed by atoms with Gasteiger partial charge in [-0.25, -0.2) is 8.42 Å². The summed E-state index contributed by atoms with van der Waals surface area (Å²) in [4.78, 5) is 0. The molecule has 2 nitrogen and oxygen atoms in total. The summed E-state index contributed by atoms with van der Waals surface area (Å²) < 4.78 is 22.1. The fourth-order valence-electron chi connectivity index (χ4n) is 1.52. The van der Waals surface area contributed by atoms with Gasteiger partial charge in [-0.2, -0.15) is 0 Å². The smallest absolute Gasteiger partial charge is 0.212 e. The molecule has 0 amide bonds. The van der Waals surface area contributed by atoms with E-state index in [-0.39, 0.29) is 5.75 Å². The quantitative estimate of drug-likeness (QED) is 0.788. The molecule has 0 aliphatic rings. The van der Waals surface area contributed by atoms with E-state index in [9.17, 15) is 8.42 Å². The molecule has 15 heavy (non-hydrogen) atoms. The summed E-state index contributed by atoms with van der Waals surface area (Å²) >= 11 is 6.00. The van der Waals surface area contributed by atoms with Crippen LogP contribution in [0.15, 0.2) is 24.3 Å². The summed E-state index contributed by atoms with van der Waals surface area (Å²) in [5.74, 6) is -0.134. The third-order valence-electron chi connectivity index (χ3n) is 2.14. The van der Waals surface area contributed by atoms with Gasteiger partial charge in [0.05, 0.1) is 5.75 Å². The van der Waals surface area contributed by atoms with E-state index < -0.39 is 14.5 Å². The van der Waals surface area contributed by atoms with Gasteiger partial charge in [0.15, 0.2) is 0 Å². The molecule has 0 saturated carbocycles. The van der Waals surface area contributed by atoms with Crippen LogP contribution >= 0.6 is 22.3 Å². The summed E-state index contributed by atoms with van der Waals surface area (Å²) in [5, 5.41) is 0.558. The maximum absolute atomic E-state index is 11.1. The van der Waals surface area contributed by atoms with Crippen LogP contribution < -0.4 is 0 Å². The van der Waals surface area contributed by atoms with Crippen molar-refractivity contribution in [1.29, 1.82) is 0 Å². The minimum Gasteiger partial charge on any atom is -0.212 e. The fourth-order valence-corrected chi connectivity index (χ4v) is 3.75. The highest BCUT2D eigenvalue weighted by Crippen LogP contribution is 2.31.